The van der Waals surface area contributed by atoms with Gasteiger partial charge in [0.05, 0.1) is 6.10 Å². The van der Waals surface area contributed by atoms with E-state index >= 15 is 0 Å². The normalized spacial score (nSPS) is 44.0. The molecule has 0 bridgehead atoms. The van der Waals surface area contributed by atoms with Gasteiger partial charge in [0.2, 0.25) is 0 Å². The van der Waals surface area contributed by atoms with Crippen LogP contribution in [0.4, 0.5) is 0 Å². The number of fused-ring (bicyclic) bond motifs is 1. The summed E-state index contributed by atoms with van der Waals surface area (Å²) in [6.07, 6.45) is 5.94. The van der Waals surface area contributed by atoms with Gasteiger partial charge in [0.25, 0.3) is 0 Å². The Labute approximate surface area is 74.6 Å². The van der Waals surface area contributed by atoms with E-state index in [1.165, 1.54) is 25.8 Å². The number of likely N-dealkylation sites (tertiary alicyclic amines) is 1. The van der Waals surface area contributed by atoms with E-state index in [-0.39, 0.29) is 6.10 Å². The van der Waals surface area contributed by atoms with Gasteiger partial charge in [-0.25, -0.2) is 0 Å². The van der Waals surface area contributed by atoms with Crippen molar-refractivity contribution < 1.29 is 5.11 Å². The van der Waals surface area contributed by atoms with E-state index in [1.54, 1.807) is 0 Å². The van der Waals surface area contributed by atoms with Crippen molar-refractivity contribution >= 4 is 0 Å². The number of nitrogens with zero attached hydrogens (tertiary/aromatic N) is 1. The van der Waals surface area contributed by atoms with Gasteiger partial charge in [-0.2, -0.15) is 0 Å². The van der Waals surface area contributed by atoms with Gasteiger partial charge in [0.1, 0.15) is 0 Å². The number of hydrogen-bond acceptors (Lipinski definition) is 2. The predicted octanol–water partition coefficient (Wildman–Crippen LogP) is 1.24. The smallest absolute Gasteiger partial charge is 0.0544 e. The van der Waals surface area contributed by atoms with Gasteiger partial charge in [-0.15, -0.1) is 0 Å². The summed E-state index contributed by atoms with van der Waals surface area (Å²) in [6, 6.07) is 0.780. The van der Waals surface area contributed by atoms with Crippen molar-refractivity contribution in [2.24, 2.45) is 5.92 Å². The SMILES string of the molecule is CN1CCCC2CC(O)CCC21. The van der Waals surface area contributed by atoms with E-state index in [1.807, 2.05) is 0 Å². The van der Waals surface area contributed by atoms with Gasteiger partial charge in [-0.3, -0.25) is 0 Å². The zero-order valence-corrected chi connectivity index (χ0v) is 7.87. The van der Waals surface area contributed by atoms with Gasteiger partial charge in [0, 0.05) is 6.04 Å². The Morgan fingerprint density at radius 1 is 1.25 bits per heavy atom. The van der Waals surface area contributed by atoms with Crippen molar-refractivity contribution in [1.82, 2.24) is 4.90 Å². The lowest BCUT2D eigenvalue weighted by Crippen LogP contribution is -2.46. The molecule has 1 N–H and O–H groups in total. The molecule has 0 amide bonds. The van der Waals surface area contributed by atoms with Crippen LogP contribution in [0.25, 0.3) is 0 Å². The fraction of sp³-hybridized carbons (Fsp3) is 1.00. The second kappa shape index (κ2) is 3.35. The third-order valence-corrected chi connectivity index (χ3v) is 3.57. The minimum absolute atomic E-state index is 0.00208. The van der Waals surface area contributed by atoms with Gasteiger partial charge < -0.3 is 10.0 Å². The third-order valence-electron chi connectivity index (χ3n) is 3.57. The standard InChI is InChI=1S/C10H19NO/c1-11-6-2-3-8-7-9(12)4-5-10(8)11/h8-10,12H,2-7H2,1H3. The molecule has 1 aliphatic heterocycles. The second-order valence-electron chi connectivity index (χ2n) is 4.42. The maximum Gasteiger partial charge on any atom is 0.0544 e. The number of aliphatic hydroxyl groups is 1. The number of piperidine rings is 1. The molecule has 1 aliphatic carbocycles. The lowest BCUT2D eigenvalue weighted by Gasteiger charge is -2.43. The zero-order valence-electron chi connectivity index (χ0n) is 7.87. The first-order valence-corrected chi connectivity index (χ1v) is 5.15. The molecule has 2 aliphatic rings. The van der Waals surface area contributed by atoms with Crippen molar-refractivity contribution in [2.45, 2.75) is 44.2 Å². The second-order valence-corrected chi connectivity index (χ2v) is 4.42. The zero-order chi connectivity index (χ0) is 8.55. The predicted molar refractivity (Wildman–Crippen MR) is 49.0 cm³/mol. The van der Waals surface area contributed by atoms with E-state index in [0.717, 1.165) is 24.8 Å². The third kappa shape index (κ3) is 1.50. The fourth-order valence-electron chi connectivity index (χ4n) is 2.88. The molecule has 1 heterocycles. The average molecular weight is 169 g/mol. The van der Waals surface area contributed by atoms with Crippen LogP contribution < -0.4 is 0 Å². The van der Waals surface area contributed by atoms with Crippen LogP contribution in [0, 0.1) is 5.92 Å². The van der Waals surface area contributed by atoms with Crippen LogP contribution in [-0.2, 0) is 0 Å². The molecule has 2 rings (SSSR count). The highest BCUT2D eigenvalue weighted by molar-refractivity contribution is 4.88. The maximum absolute atomic E-state index is 9.52. The van der Waals surface area contributed by atoms with E-state index in [9.17, 15) is 5.11 Å². The first-order valence-electron chi connectivity index (χ1n) is 5.15. The van der Waals surface area contributed by atoms with Crippen LogP contribution in [-0.4, -0.2) is 35.7 Å². The summed E-state index contributed by atoms with van der Waals surface area (Å²) in [5.41, 5.74) is 0. The topological polar surface area (TPSA) is 23.5 Å². The van der Waals surface area contributed by atoms with Crippen molar-refractivity contribution in [3.8, 4) is 0 Å². The van der Waals surface area contributed by atoms with Crippen molar-refractivity contribution in [3.05, 3.63) is 0 Å². The van der Waals surface area contributed by atoms with Gasteiger partial charge >= 0.3 is 0 Å². The highest BCUT2D eigenvalue weighted by Gasteiger charge is 2.34. The molecule has 0 radical (unpaired) electrons. The molecule has 2 heteroatoms. The molecule has 2 fully saturated rings. The molecule has 70 valence electrons. The summed E-state index contributed by atoms with van der Waals surface area (Å²) in [6.45, 7) is 1.26. The molecule has 3 atom stereocenters. The monoisotopic (exact) mass is 169 g/mol. The fourth-order valence-corrected chi connectivity index (χ4v) is 2.88. The van der Waals surface area contributed by atoms with Crippen LogP contribution in [0.2, 0.25) is 0 Å². The van der Waals surface area contributed by atoms with Crippen LogP contribution in [0.1, 0.15) is 32.1 Å². The quantitative estimate of drug-likeness (QED) is 0.590. The highest BCUT2D eigenvalue weighted by atomic mass is 16.3. The molecule has 0 aromatic rings. The summed E-state index contributed by atoms with van der Waals surface area (Å²) < 4.78 is 0. The van der Waals surface area contributed by atoms with E-state index in [4.69, 9.17) is 0 Å². The Bertz CT molecular complexity index is 160. The molecule has 0 aromatic carbocycles. The minimum Gasteiger partial charge on any atom is -0.393 e. The molecule has 0 aromatic heterocycles. The first-order chi connectivity index (χ1) is 5.77. The summed E-state index contributed by atoms with van der Waals surface area (Å²) in [7, 11) is 2.23. The Morgan fingerprint density at radius 3 is 2.92 bits per heavy atom. The molecular weight excluding hydrogens is 150 g/mol. The summed E-state index contributed by atoms with van der Waals surface area (Å²) in [4.78, 5) is 2.49. The summed E-state index contributed by atoms with van der Waals surface area (Å²) >= 11 is 0. The van der Waals surface area contributed by atoms with Crippen LogP contribution >= 0.6 is 0 Å². The summed E-state index contributed by atoms with van der Waals surface area (Å²) in [5.74, 6) is 0.785. The molecule has 0 spiro atoms. The molecular formula is C10H19NO. The minimum atomic E-state index is -0.00208. The first kappa shape index (κ1) is 8.52. The van der Waals surface area contributed by atoms with E-state index in [2.05, 4.69) is 11.9 Å². The Balaban J connectivity index is 1.99. The van der Waals surface area contributed by atoms with Crippen LogP contribution in [0.3, 0.4) is 0 Å². The van der Waals surface area contributed by atoms with Gasteiger partial charge in [0.15, 0.2) is 0 Å². The molecule has 12 heavy (non-hydrogen) atoms. The lowest BCUT2D eigenvalue weighted by molar-refractivity contribution is 0.0170. The van der Waals surface area contributed by atoms with Crippen molar-refractivity contribution in [1.29, 1.82) is 0 Å². The highest BCUT2D eigenvalue weighted by Crippen LogP contribution is 2.34. The van der Waals surface area contributed by atoms with E-state index < -0.39 is 0 Å². The Hall–Kier alpha value is -0.0800. The average Bonchev–Trinajstić information content (AvgIpc) is 2.04. The van der Waals surface area contributed by atoms with Gasteiger partial charge in [-0.05, 0) is 51.6 Å². The van der Waals surface area contributed by atoms with E-state index in [0.29, 0.717) is 0 Å². The van der Waals surface area contributed by atoms with Crippen molar-refractivity contribution in [3.63, 3.8) is 0 Å². The van der Waals surface area contributed by atoms with Crippen LogP contribution in [0.5, 0.6) is 0 Å². The number of hydrogen-bond donors (Lipinski definition) is 1. The lowest BCUT2D eigenvalue weighted by atomic mass is 9.77. The van der Waals surface area contributed by atoms with Crippen LogP contribution in [0.15, 0.2) is 0 Å². The molecule has 3 unspecified atom stereocenters. The molecule has 1 saturated carbocycles. The maximum atomic E-state index is 9.52. The van der Waals surface area contributed by atoms with Gasteiger partial charge in [-0.1, -0.05) is 0 Å². The molecule has 1 saturated heterocycles. The number of aliphatic hydroxyl groups excluding tert-OH is 1. The van der Waals surface area contributed by atoms with Crippen molar-refractivity contribution in [2.75, 3.05) is 13.6 Å². The summed E-state index contributed by atoms with van der Waals surface area (Å²) in [5, 5.41) is 9.52. The largest absolute Gasteiger partial charge is 0.393 e. The Kier molecular flexibility index (Phi) is 2.37. The Morgan fingerprint density at radius 2 is 2.08 bits per heavy atom. The number of rotatable bonds is 0. The molecule has 2 nitrogen and oxygen atoms in total.